The summed E-state index contributed by atoms with van der Waals surface area (Å²) in [5, 5.41) is 35.4. The Kier molecular flexibility index (Phi) is 7.76. The zero-order valence-electron chi connectivity index (χ0n) is 15.7. The van der Waals surface area contributed by atoms with Gasteiger partial charge in [-0.05, 0) is 30.3 Å². The van der Waals surface area contributed by atoms with Crippen molar-refractivity contribution < 1.29 is 19.7 Å². The van der Waals surface area contributed by atoms with Gasteiger partial charge in [0, 0.05) is 24.0 Å². The highest BCUT2D eigenvalue weighted by atomic mass is 16.6. The standard InChI is InChI=1S/C14H12N4O6.C5H5N/c1-24-13-4-2-3-9(14(13)19)8-15-16-11-6-5-10(17(20)21)7-12(11)18(22)23;1-2-4-6-5-3-1/h2-8,16,19H,1H3;1-5H/b15-8+;. The van der Waals surface area contributed by atoms with Crippen molar-refractivity contribution in [2.75, 3.05) is 12.5 Å². The summed E-state index contributed by atoms with van der Waals surface area (Å²) in [5.74, 6) is 0.115. The molecule has 1 heterocycles. The number of benzene rings is 2. The molecule has 154 valence electrons. The van der Waals surface area contributed by atoms with Crippen molar-refractivity contribution in [2.24, 2.45) is 5.10 Å². The SMILES string of the molecule is COc1cccc(/C=N/Nc2ccc([N+](=O)[O-])cc2[N+](=O)[O-])c1O.c1ccncc1. The summed E-state index contributed by atoms with van der Waals surface area (Å²) < 4.78 is 4.95. The van der Waals surface area contributed by atoms with Crippen molar-refractivity contribution in [2.45, 2.75) is 0 Å². The van der Waals surface area contributed by atoms with E-state index in [0.717, 1.165) is 12.1 Å². The van der Waals surface area contributed by atoms with E-state index < -0.39 is 21.2 Å². The van der Waals surface area contributed by atoms with Crippen LogP contribution in [0.1, 0.15) is 5.56 Å². The number of nitrogens with zero attached hydrogens (tertiary/aromatic N) is 4. The van der Waals surface area contributed by atoms with E-state index in [9.17, 15) is 25.3 Å². The first-order valence-corrected chi connectivity index (χ1v) is 8.37. The van der Waals surface area contributed by atoms with Gasteiger partial charge < -0.3 is 9.84 Å². The van der Waals surface area contributed by atoms with Gasteiger partial charge in [0.1, 0.15) is 5.69 Å². The molecule has 11 nitrogen and oxygen atoms in total. The number of nitrogens with one attached hydrogen (secondary N) is 1. The third-order valence-electron chi connectivity index (χ3n) is 3.59. The Hall–Kier alpha value is -4.54. The molecule has 0 fully saturated rings. The number of hydrogen-bond donors (Lipinski definition) is 2. The smallest absolute Gasteiger partial charge is 0.301 e. The maximum atomic E-state index is 11.0. The summed E-state index contributed by atoms with van der Waals surface area (Å²) in [6, 6.07) is 13.6. The summed E-state index contributed by atoms with van der Waals surface area (Å²) in [7, 11) is 1.40. The van der Waals surface area contributed by atoms with E-state index in [1.807, 2.05) is 18.2 Å². The number of phenols is 1. The van der Waals surface area contributed by atoms with Crippen LogP contribution in [0.15, 0.2) is 72.1 Å². The molecule has 0 saturated heterocycles. The van der Waals surface area contributed by atoms with Crippen LogP contribution in [0.2, 0.25) is 0 Å². The number of hydrogen-bond acceptors (Lipinski definition) is 9. The topological polar surface area (TPSA) is 153 Å². The maximum absolute atomic E-state index is 11.0. The molecule has 0 aliphatic carbocycles. The predicted molar refractivity (Wildman–Crippen MR) is 110 cm³/mol. The summed E-state index contributed by atoms with van der Waals surface area (Å²) in [6.45, 7) is 0. The Labute approximate surface area is 170 Å². The first kappa shape index (κ1) is 21.8. The lowest BCUT2D eigenvalue weighted by Crippen LogP contribution is -1.99. The molecule has 11 heteroatoms. The molecule has 0 bridgehead atoms. The Balaban J connectivity index is 0.000000456. The zero-order valence-corrected chi connectivity index (χ0v) is 15.7. The minimum Gasteiger partial charge on any atom is -0.504 e. The quantitative estimate of drug-likeness (QED) is 0.353. The molecule has 30 heavy (non-hydrogen) atoms. The zero-order chi connectivity index (χ0) is 21.9. The first-order valence-electron chi connectivity index (χ1n) is 8.37. The largest absolute Gasteiger partial charge is 0.504 e. The fourth-order valence-electron chi connectivity index (χ4n) is 2.17. The van der Waals surface area contributed by atoms with Gasteiger partial charge in [0.15, 0.2) is 11.5 Å². The number of rotatable bonds is 6. The molecular formula is C19H17N5O6. The fraction of sp³-hybridized carbons (Fsp3) is 0.0526. The van der Waals surface area contributed by atoms with Crippen molar-refractivity contribution in [3.8, 4) is 11.5 Å². The van der Waals surface area contributed by atoms with E-state index in [4.69, 9.17) is 4.74 Å². The van der Waals surface area contributed by atoms with Gasteiger partial charge in [0.25, 0.3) is 5.69 Å². The number of nitro groups is 2. The highest BCUT2D eigenvalue weighted by Crippen LogP contribution is 2.30. The molecule has 1 aromatic heterocycles. The third kappa shape index (κ3) is 5.99. The average Bonchev–Trinajstić information content (AvgIpc) is 2.76. The van der Waals surface area contributed by atoms with Gasteiger partial charge in [-0.25, -0.2) is 0 Å². The van der Waals surface area contributed by atoms with Gasteiger partial charge in [-0.3, -0.25) is 30.6 Å². The molecule has 0 unspecified atom stereocenters. The van der Waals surface area contributed by atoms with Crippen LogP contribution in [0.5, 0.6) is 11.5 Å². The predicted octanol–water partition coefficient (Wildman–Crippen LogP) is 3.74. The molecule has 0 aliphatic heterocycles. The van der Waals surface area contributed by atoms with Crippen LogP contribution in [0.25, 0.3) is 0 Å². The summed E-state index contributed by atoms with van der Waals surface area (Å²) in [4.78, 5) is 24.0. The highest BCUT2D eigenvalue weighted by molar-refractivity contribution is 5.85. The highest BCUT2D eigenvalue weighted by Gasteiger charge is 2.19. The molecule has 3 aromatic rings. The Bertz CT molecular complexity index is 1020. The second kappa shape index (κ2) is 10.7. The number of para-hydroxylation sites is 1. The van der Waals surface area contributed by atoms with E-state index in [1.165, 1.54) is 19.4 Å². The number of ether oxygens (including phenoxy) is 1. The first-order chi connectivity index (χ1) is 14.4. The molecule has 0 atom stereocenters. The second-order valence-corrected chi connectivity index (χ2v) is 5.51. The maximum Gasteiger partial charge on any atom is 0.301 e. The molecule has 0 radical (unpaired) electrons. The monoisotopic (exact) mass is 411 g/mol. The number of aromatic hydroxyl groups is 1. The van der Waals surface area contributed by atoms with Crippen LogP contribution in [-0.2, 0) is 0 Å². The number of anilines is 1. The molecule has 2 aromatic carbocycles. The number of aromatic nitrogens is 1. The van der Waals surface area contributed by atoms with Gasteiger partial charge in [-0.2, -0.15) is 5.10 Å². The van der Waals surface area contributed by atoms with Crippen LogP contribution in [0.4, 0.5) is 17.1 Å². The summed E-state index contributed by atoms with van der Waals surface area (Å²) >= 11 is 0. The fourth-order valence-corrected chi connectivity index (χ4v) is 2.17. The molecule has 0 spiro atoms. The minimum atomic E-state index is -0.756. The Morgan fingerprint density at radius 2 is 1.80 bits per heavy atom. The van der Waals surface area contributed by atoms with Crippen molar-refractivity contribution in [3.63, 3.8) is 0 Å². The molecule has 0 amide bonds. The number of pyridine rings is 1. The minimum absolute atomic E-state index is 0.0239. The Morgan fingerprint density at radius 3 is 2.33 bits per heavy atom. The number of phenolic OH excluding ortho intramolecular Hbond substituents is 1. The van der Waals surface area contributed by atoms with Gasteiger partial charge in [-0.15, -0.1) is 0 Å². The number of hydrazone groups is 1. The summed E-state index contributed by atoms with van der Waals surface area (Å²) in [6.07, 6.45) is 4.74. The van der Waals surface area contributed by atoms with Crippen LogP contribution < -0.4 is 10.2 Å². The molecule has 2 N–H and O–H groups in total. The van der Waals surface area contributed by atoms with Crippen LogP contribution in [0, 0.1) is 20.2 Å². The van der Waals surface area contributed by atoms with Crippen molar-refractivity contribution in [3.05, 3.63) is 92.8 Å². The molecule has 0 saturated carbocycles. The van der Waals surface area contributed by atoms with Crippen molar-refractivity contribution >= 4 is 23.3 Å². The van der Waals surface area contributed by atoms with E-state index in [-0.39, 0.29) is 17.2 Å². The van der Waals surface area contributed by atoms with E-state index in [1.54, 1.807) is 30.6 Å². The number of nitro benzene ring substituents is 2. The van der Waals surface area contributed by atoms with E-state index in [0.29, 0.717) is 5.56 Å². The lowest BCUT2D eigenvalue weighted by Gasteiger charge is -2.05. The van der Waals surface area contributed by atoms with Gasteiger partial charge >= 0.3 is 5.69 Å². The van der Waals surface area contributed by atoms with E-state index >= 15 is 0 Å². The number of non-ortho nitro benzene ring substituents is 1. The summed E-state index contributed by atoms with van der Waals surface area (Å²) in [5.41, 5.74) is 1.84. The molecular weight excluding hydrogens is 394 g/mol. The second-order valence-electron chi connectivity index (χ2n) is 5.51. The lowest BCUT2D eigenvalue weighted by atomic mass is 10.2. The number of methoxy groups -OCH3 is 1. The van der Waals surface area contributed by atoms with Gasteiger partial charge in [-0.1, -0.05) is 12.1 Å². The molecule has 3 rings (SSSR count). The Morgan fingerprint density at radius 1 is 1.07 bits per heavy atom. The van der Waals surface area contributed by atoms with E-state index in [2.05, 4.69) is 15.5 Å². The van der Waals surface area contributed by atoms with Crippen LogP contribution in [-0.4, -0.2) is 33.3 Å². The normalized spacial score (nSPS) is 10.0. The van der Waals surface area contributed by atoms with Crippen molar-refractivity contribution in [1.29, 1.82) is 0 Å². The third-order valence-corrected chi connectivity index (χ3v) is 3.59. The molecule has 0 aliphatic rings. The van der Waals surface area contributed by atoms with Gasteiger partial charge in [0.2, 0.25) is 0 Å². The van der Waals surface area contributed by atoms with Gasteiger partial charge in [0.05, 0.1) is 29.2 Å². The average molecular weight is 411 g/mol. The lowest BCUT2D eigenvalue weighted by molar-refractivity contribution is -0.393. The van der Waals surface area contributed by atoms with Crippen LogP contribution >= 0.6 is 0 Å². The van der Waals surface area contributed by atoms with Crippen molar-refractivity contribution in [1.82, 2.24) is 4.98 Å². The van der Waals surface area contributed by atoms with Crippen LogP contribution in [0.3, 0.4) is 0 Å².